The second-order valence-electron chi connectivity index (χ2n) is 3.82. The fraction of sp³-hybridized carbons (Fsp3) is 0.500. The normalized spacial score (nSPS) is 11.6. The molecule has 0 radical (unpaired) electrons. The van der Waals surface area contributed by atoms with E-state index in [1.54, 1.807) is 11.8 Å². The number of thioether (sulfide) groups is 1. The van der Waals surface area contributed by atoms with Crippen LogP contribution in [0.2, 0.25) is 0 Å². The number of benzene rings is 1. The molecule has 0 aliphatic carbocycles. The van der Waals surface area contributed by atoms with Gasteiger partial charge in [-0.1, -0.05) is 0 Å². The Hall–Kier alpha value is -0.910. The van der Waals surface area contributed by atoms with Crippen LogP contribution < -0.4 is 5.32 Å². The Bertz CT molecular complexity index is 379. The summed E-state index contributed by atoms with van der Waals surface area (Å²) < 4.78 is 50.6. The van der Waals surface area contributed by atoms with Gasteiger partial charge < -0.3 is 5.32 Å². The van der Waals surface area contributed by atoms with Gasteiger partial charge >= 0.3 is 6.18 Å². The molecule has 18 heavy (non-hydrogen) atoms. The van der Waals surface area contributed by atoms with E-state index < -0.39 is 17.6 Å². The third-order valence-electron chi connectivity index (χ3n) is 2.38. The van der Waals surface area contributed by atoms with Crippen molar-refractivity contribution in [3.05, 3.63) is 29.6 Å². The number of anilines is 1. The third kappa shape index (κ3) is 4.76. The molecule has 102 valence electrons. The van der Waals surface area contributed by atoms with Gasteiger partial charge in [0, 0.05) is 6.54 Å². The highest BCUT2D eigenvalue weighted by molar-refractivity contribution is 7.98. The first-order valence-corrected chi connectivity index (χ1v) is 6.94. The van der Waals surface area contributed by atoms with E-state index in [1.807, 2.05) is 6.26 Å². The summed E-state index contributed by atoms with van der Waals surface area (Å²) in [5.41, 5.74) is -0.926. The molecule has 1 N–H and O–H groups in total. The van der Waals surface area contributed by atoms with E-state index in [-0.39, 0.29) is 5.69 Å². The van der Waals surface area contributed by atoms with E-state index in [0.29, 0.717) is 6.54 Å². The van der Waals surface area contributed by atoms with Crippen LogP contribution in [0.1, 0.15) is 18.4 Å². The lowest BCUT2D eigenvalue weighted by Crippen LogP contribution is -2.08. The molecular formula is C12H15F4NS. The first kappa shape index (κ1) is 15.1. The first-order valence-electron chi connectivity index (χ1n) is 5.54. The number of unbranched alkanes of at least 4 members (excludes halogenated alkanes) is 1. The molecule has 0 saturated heterocycles. The monoisotopic (exact) mass is 281 g/mol. The minimum absolute atomic E-state index is 0.0889. The van der Waals surface area contributed by atoms with Crippen LogP contribution in [0, 0.1) is 5.82 Å². The van der Waals surface area contributed by atoms with Crippen LogP contribution in [-0.2, 0) is 6.18 Å². The van der Waals surface area contributed by atoms with E-state index in [9.17, 15) is 17.6 Å². The summed E-state index contributed by atoms with van der Waals surface area (Å²) in [6.07, 6.45) is -0.700. The second kappa shape index (κ2) is 6.87. The summed E-state index contributed by atoms with van der Waals surface area (Å²) >= 11 is 1.71. The Morgan fingerprint density at radius 2 is 1.94 bits per heavy atom. The van der Waals surface area contributed by atoms with E-state index in [4.69, 9.17) is 0 Å². The van der Waals surface area contributed by atoms with Crippen LogP contribution in [0.4, 0.5) is 23.2 Å². The van der Waals surface area contributed by atoms with E-state index in [2.05, 4.69) is 5.32 Å². The van der Waals surface area contributed by atoms with Gasteiger partial charge in [-0.25, -0.2) is 4.39 Å². The molecule has 1 rings (SSSR count). The van der Waals surface area contributed by atoms with Gasteiger partial charge in [0.15, 0.2) is 0 Å². The third-order valence-corrected chi connectivity index (χ3v) is 3.08. The molecule has 0 amide bonds. The maximum absolute atomic E-state index is 13.3. The largest absolute Gasteiger partial charge is 0.416 e. The fourth-order valence-corrected chi connectivity index (χ4v) is 1.92. The molecule has 1 aromatic carbocycles. The summed E-state index contributed by atoms with van der Waals surface area (Å²) in [6.45, 7) is 0.471. The lowest BCUT2D eigenvalue weighted by Gasteiger charge is -2.11. The minimum atomic E-state index is -4.44. The number of rotatable bonds is 6. The van der Waals surface area contributed by atoms with E-state index in [1.165, 1.54) is 0 Å². The molecule has 6 heteroatoms. The highest BCUT2D eigenvalue weighted by Crippen LogP contribution is 2.31. The number of hydrogen-bond donors (Lipinski definition) is 1. The number of hydrogen-bond acceptors (Lipinski definition) is 2. The number of halogens is 4. The predicted octanol–water partition coefficient (Wildman–Crippen LogP) is 4.40. The molecule has 0 atom stereocenters. The topological polar surface area (TPSA) is 12.0 Å². The zero-order valence-electron chi connectivity index (χ0n) is 9.98. The molecule has 0 bridgehead atoms. The van der Waals surface area contributed by atoms with Crippen LogP contribution in [0.15, 0.2) is 18.2 Å². The second-order valence-corrected chi connectivity index (χ2v) is 4.80. The molecule has 0 saturated carbocycles. The molecule has 0 fully saturated rings. The van der Waals surface area contributed by atoms with Gasteiger partial charge in [-0.05, 0) is 43.0 Å². The predicted molar refractivity (Wildman–Crippen MR) is 67.5 cm³/mol. The van der Waals surface area contributed by atoms with Gasteiger partial charge in [0.2, 0.25) is 0 Å². The highest BCUT2D eigenvalue weighted by Gasteiger charge is 2.31. The Morgan fingerprint density at radius 3 is 2.56 bits per heavy atom. The fourth-order valence-electron chi connectivity index (χ4n) is 1.43. The molecule has 0 aliphatic heterocycles. The molecule has 1 nitrogen and oxygen atoms in total. The standard InChI is InChI=1S/C12H15F4NS/c1-18-7-3-2-6-17-11-8-9(12(14,15)16)4-5-10(11)13/h4-5,8,17H,2-3,6-7H2,1H3. The maximum atomic E-state index is 13.3. The van der Waals surface area contributed by atoms with Crippen molar-refractivity contribution in [3.63, 3.8) is 0 Å². The van der Waals surface area contributed by atoms with Crippen LogP contribution in [-0.4, -0.2) is 18.6 Å². The number of alkyl halides is 3. The Kier molecular flexibility index (Phi) is 5.78. The average Bonchev–Trinajstić information content (AvgIpc) is 2.29. The van der Waals surface area contributed by atoms with E-state index in [0.717, 1.165) is 36.8 Å². The Balaban J connectivity index is 2.59. The van der Waals surface area contributed by atoms with E-state index >= 15 is 0 Å². The zero-order valence-corrected chi connectivity index (χ0v) is 10.8. The van der Waals surface area contributed by atoms with Crippen LogP contribution >= 0.6 is 11.8 Å². The summed E-state index contributed by atoms with van der Waals surface area (Å²) in [7, 11) is 0. The average molecular weight is 281 g/mol. The van der Waals surface area contributed by atoms with Crippen LogP contribution in [0.25, 0.3) is 0 Å². The van der Waals surface area contributed by atoms with Crippen LogP contribution in [0.3, 0.4) is 0 Å². The van der Waals surface area contributed by atoms with Crippen molar-refractivity contribution in [1.29, 1.82) is 0 Å². The minimum Gasteiger partial charge on any atom is -0.383 e. The van der Waals surface area contributed by atoms with Gasteiger partial charge in [0.1, 0.15) is 5.82 Å². The molecule has 0 spiro atoms. The van der Waals surface area contributed by atoms with Crippen molar-refractivity contribution in [3.8, 4) is 0 Å². The van der Waals surface area contributed by atoms with Gasteiger partial charge in [-0.15, -0.1) is 0 Å². The lowest BCUT2D eigenvalue weighted by atomic mass is 10.2. The van der Waals surface area contributed by atoms with Crippen molar-refractivity contribution in [2.24, 2.45) is 0 Å². The van der Waals surface area contributed by atoms with Gasteiger partial charge in [-0.2, -0.15) is 24.9 Å². The molecule has 1 aromatic rings. The van der Waals surface area contributed by atoms with Crippen molar-refractivity contribution < 1.29 is 17.6 Å². The van der Waals surface area contributed by atoms with Gasteiger partial charge in [0.05, 0.1) is 11.3 Å². The molecule has 0 unspecified atom stereocenters. The summed E-state index contributed by atoms with van der Waals surface area (Å²) in [6, 6.07) is 2.39. The summed E-state index contributed by atoms with van der Waals surface area (Å²) in [5, 5.41) is 2.70. The zero-order chi connectivity index (χ0) is 13.6. The maximum Gasteiger partial charge on any atom is 0.416 e. The summed E-state index contributed by atoms with van der Waals surface area (Å²) in [4.78, 5) is 0. The number of nitrogens with one attached hydrogen (secondary N) is 1. The highest BCUT2D eigenvalue weighted by atomic mass is 32.2. The van der Waals surface area contributed by atoms with Gasteiger partial charge in [0.25, 0.3) is 0 Å². The quantitative estimate of drug-likeness (QED) is 0.612. The molecular weight excluding hydrogens is 266 g/mol. The molecule has 0 aliphatic rings. The smallest absolute Gasteiger partial charge is 0.383 e. The van der Waals surface area contributed by atoms with Crippen molar-refractivity contribution in [2.45, 2.75) is 19.0 Å². The Morgan fingerprint density at radius 1 is 1.22 bits per heavy atom. The van der Waals surface area contributed by atoms with Gasteiger partial charge in [-0.3, -0.25) is 0 Å². The Labute approximate surface area is 108 Å². The van der Waals surface area contributed by atoms with Crippen LogP contribution in [0.5, 0.6) is 0 Å². The van der Waals surface area contributed by atoms with Crippen molar-refractivity contribution in [1.82, 2.24) is 0 Å². The first-order chi connectivity index (χ1) is 8.45. The molecule has 0 heterocycles. The van der Waals surface area contributed by atoms with Crippen molar-refractivity contribution in [2.75, 3.05) is 23.9 Å². The molecule has 0 aromatic heterocycles. The lowest BCUT2D eigenvalue weighted by molar-refractivity contribution is -0.137. The van der Waals surface area contributed by atoms with Crippen molar-refractivity contribution >= 4 is 17.4 Å². The summed E-state index contributed by atoms with van der Waals surface area (Å²) in [5.74, 6) is 0.333. The SMILES string of the molecule is CSCCCCNc1cc(C(F)(F)F)ccc1F.